The monoisotopic (exact) mass is 396 g/mol. The Morgan fingerprint density at radius 1 is 1.10 bits per heavy atom. The predicted molar refractivity (Wildman–Crippen MR) is 116 cm³/mol. The molecule has 3 rings (SSSR count). The molecular weight excluding hydrogens is 368 g/mol. The zero-order valence-corrected chi connectivity index (χ0v) is 16.8. The first-order chi connectivity index (χ1) is 14.2. The highest BCUT2D eigenvalue weighted by atomic mass is 16.5. The Morgan fingerprint density at radius 2 is 1.86 bits per heavy atom. The molecule has 1 aliphatic heterocycles. The minimum Gasteiger partial charge on any atom is -0.478 e. The van der Waals surface area contributed by atoms with Crippen molar-refractivity contribution in [2.75, 3.05) is 56.7 Å². The van der Waals surface area contributed by atoms with Crippen molar-refractivity contribution in [3.63, 3.8) is 0 Å². The van der Waals surface area contributed by atoms with E-state index in [9.17, 15) is 9.90 Å². The summed E-state index contributed by atoms with van der Waals surface area (Å²) in [5, 5.41) is 12.6. The molecule has 1 fully saturated rings. The van der Waals surface area contributed by atoms with Gasteiger partial charge < -0.3 is 25.0 Å². The molecule has 0 unspecified atom stereocenters. The van der Waals surface area contributed by atoms with Gasteiger partial charge in [-0.25, -0.2) is 4.79 Å². The van der Waals surface area contributed by atoms with E-state index in [1.54, 1.807) is 25.3 Å². The van der Waals surface area contributed by atoms with E-state index in [2.05, 4.69) is 39.4 Å². The second-order valence-electron chi connectivity index (χ2n) is 6.87. The fourth-order valence-corrected chi connectivity index (χ4v) is 3.29. The quantitative estimate of drug-likeness (QED) is 0.426. The van der Waals surface area contributed by atoms with E-state index in [0.717, 1.165) is 44.2 Å². The van der Waals surface area contributed by atoms with Crippen LogP contribution < -0.4 is 10.2 Å². The summed E-state index contributed by atoms with van der Waals surface area (Å²) in [6.07, 6.45) is 0.834. The number of carbonyl (C=O) groups is 1. The second-order valence-corrected chi connectivity index (χ2v) is 6.87. The number of carboxylic acids is 1. The van der Waals surface area contributed by atoms with Crippen molar-refractivity contribution in [1.82, 2.24) is 4.90 Å². The van der Waals surface area contributed by atoms with Gasteiger partial charge in [0.1, 0.15) is 0 Å². The molecule has 1 aliphatic rings. The molecule has 0 amide bonds. The Morgan fingerprint density at radius 3 is 2.55 bits per heavy atom. The van der Waals surface area contributed by atoms with Crippen LogP contribution in [0.5, 0.6) is 0 Å². The van der Waals surface area contributed by atoms with Gasteiger partial charge in [0.05, 0.1) is 5.56 Å². The van der Waals surface area contributed by atoms with Crippen LogP contribution >= 0.6 is 0 Å². The van der Waals surface area contributed by atoms with E-state index in [1.807, 2.05) is 12.1 Å². The smallest absolute Gasteiger partial charge is 0.335 e. The number of nitrogens with one attached hydrogen (secondary N) is 1. The highest BCUT2D eigenvalue weighted by molar-refractivity contribution is 5.96. The summed E-state index contributed by atoms with van der Waals surface area (Å²) < 4.78 is 5.12. The molecular formula is C22H28N4O3. The number of hydrogen-bond donors (Lipinski definition) is 2. The van der Waals surface area contributed by atoms with E-state index < -0.39 is 5.97 Å². The molecule has 2 N–H and O–H groups in total. The van der Waals surface area contributed by atoms with Crippen molar-refractivity contribution in [3.8, 4) is 0 Å². The summed E-state index contributed by atoms with van der Waals surface area (Å²) in [6, 6.07) is 17.2. The van der Waals surface area contributed by atoms with Gasteiger partial charge in [0, 0.05) is 57.8 Å². The Hall–Kier alpha value is -3.06. The fraction of sp³-hybridized carbons (Fsp3) is 0.364. The van der Waals surface area contributed by atoms with Crippen molar-refractivity contribution in [2.45, 2.75) is 6.42 Å². The Bertz CT molecular complexity index is 818. The van der Waals surface area contributed by atoms with Gasteiger partial charge in [0.25, 0.3) is 0 Å². The topological polar surface area (TPSA) is 77.4 Å². The molecule has 2 aromatic carbocycles. The number of guanidine groups is 1. The number of hydrogen-bond acceptors (Lipinski definition) is 4. The molecule has 1 heterocycles. The Kier molecular flexibility index (Phi) is 7.47. The zero-order chi connectivity index (χ0) is 20.5. The number of aliphatic imine (C=N–C) groups is 1. The number of anilines is 2. The van der Waals surface area contributed by atoms with Crippen molar-refractivity contribution < 1.29 is 14.6 Å². The second kappa shape index (κ2) is 10.5. The standard InChI is InChI=1S/C22H28N4O3/c1-29-16-6-11-23-22(24-19-8-5-7-18(17-19)21(27)28)26-14-12-25(13-15-26)20-9-3-2-4-10-20/h2-5,7-10,17H,6,11-16H2,1H3,(H,23,24)(H,27,28). The average molecular weight is 396 g/mol. The molecule has 0 atom stereocenters. The van der Waals surface area contributed by atoms with Gasteiger partial charge in [0.15, 0.2) is 5.96 Å². The van der Waals surface area contributed by atoms with Crippen molar-refractivity contribution >= 4 is 23.3 Å². The highest BCUT2D eigenvalue weighted by Gasteiger charge is 2.20. The number of nitrogens with zero attached hydrogens (tertiary/aromatic N) is 3. The molecule has 0 saturated carbocycles. The van der Waals surface area contributed by atoms with Crippen LogP contribution in [0.2, 0.25) is 0 Å². The van der Waals surface area contributed by atoms with Gasteiger partial charge in [-0.2, -0.15) is 0 Å². The van der Waals surface area contributed by atoms with Crippen LogP contribution in [0.3, 0.4) is 0 Å². The summed E-state index contributed by atoms with van der Waals surface area (Å²) in [7, 11) is 1.68. The molecule has 2 aromatic rings. The number of carboxylic acid groups (broad SMARTS) is 1. The van der Waals surface area contributed by atoms with Crippen LogP contribution in [0.1, 0.15) is 16.8 Å². The molecule has 0 bridgehead atoms. The van der Waals surface area contributed by atoms with E-state index in [-0.39, 0.29) is 5.56 Å². The van der Waals surface area contributed by atoms with Crippen molar-refractivity contribution in [1.29, 1.82) is 0 Å². The van der Waals surface area contributed by atoms with Crippen LogP contribution in [-0.2, 0) is 4.74 Å². The third kappa shape index (κ3) is 5.96. The lowest BCUT2D eigenvalue weighted by atomic mass is 10.2. The number of rotatable bonds is 7. The van der Waals surface area contributed by atoms with Crippen molar-refractivity contribution in [2.24, 2.45) is 4.99 Å². The molecule has 0 aromatic heterocycles. The fourth-order valence-electron chi connectivity index (χ4n) is 3.29. The Balaban J connectivity index is 1.69. The molecule has 0 spiro atoms. The van der Waals surface area contributed by atoms with Gasteiger partial charge in [-0.05, 0) is 36.8 Å². The molecule has 7 heteroatoms. The third-order valence-corrected chi connectivity index (χ3v) is 4.83. The van der Waals surface area contributed by atoms with E-state index in [1.165, 1.54) is 5.69 Å². The van der Waals surface area contributed by atoms with Gasteiger partial charge >= 0.3 is 5.97 Å². The van der Waals surface area contributed by atoms with Crippen LogP contribution in [0, 0.1) is 0 Å². The van der Waals surface area contributed by atoms with Gasteiger partial charge in [0.2, 0.25) is 0 Å². The number of piperazine rings is 1. The van der Waals surface area contributed by atoms with Gasteiger partial charge in [-0.15, -0.1) is 0 Å². The van der Waals surface area contributed by atoms with E-state index in [4.69, 9.17) is 9.73 Å². The van der Waals surface area contributed by atoms with Crippen molar-refractivity contribution in [3.05, 3.63) is 60.2 Å². The number of para-hydroxylation sites is 1. The minimum atomic E-state index is -0.941. The summed E-state index contributed by atoms with van der Waals surface area (Å²) in [4.78, 5) is 20.6. The maximum atomic E-state index is 11.3. The lowest BCUT2D eigenvalue weighted by molar-refractivity contribution is 0.0697. The predicted octanol–water partition coefficient (Wildman–Crippen LogP) is 3.01. The number of ether oxygens (including phenoxy) is 1. The summed E-state index contributed by atoms with van der Waals surface area (Å²) >= 11 is 0. The minimum absolute atomic E-state index is 0.252. The number of aromatic carboxylic acids is 1. The molecule has 0 aliphatic carbocycles. The first kappa shape index (κ1) is 20.7. The maximum absolute atomic E-state index is 11.3. The summed E-state index contributed by atoms with van der Waals surface area (Å²) in [6.45, 7) is 4.78. The molecule has 7 nitrogen and oxygen atoms in total. The zero-order valence-electron chi connectivity index (χ0n) is 16.8. The third-order valence-electron chi connectivity index (χ3n) is 4.83. The highest BCUT2D eigenvalue weighted by Crippen LogP contribution is 2.17. The largest absolute Gasteiger partial charge is 0.478 e. The average Bonchev–Trinajstić information content (AvgIpc) is 2.77. The number of benzene rings is 2. The summed E-state index contributed by atoms with van der Waals surface area (Å²) in [5.74, 6) is -0.167. The lowest BCUT2D eigenvalue weighted by Crippen LogP contribution is -2.50. The van der Waals surface area contributed by atoms with Gasteiger partial charge in [-0.1, -0.05) is 24.3 Å². The normalized spacial score (nSPS) is 14.7. The van der Waals surface area contributed by atoms with Crippen LogP contribution in [0.15, 0.2) is 59.6 Å². The van der Waals surface area contributed by atoms with E-state index >= 15 is 0 Å². The van der Waals surface area contributed by atoms with Crippen LogP contribution in [0.4, 0.5) is 11.4 Å². The van der Waals surface area contributed by atoms with Crippen LogP contribution in [-0.4, -0.2) is 68.4 Å². The molecule has 29 heavy (non-hydrogen) atoms. The molecule has 154 valence electrons. The SMILES string of the molecule is COCCCN=C(Nc1cccc(C(=O)O)c1)N1CCN(c2ccccc2)CC1. The first-order valence-corrected chi connectivity index (χ1v) is 9.86. The maximum Gasteiger partial charge on any atom is 0.335 e. The van der Waals surface area contributed by atoms with E-state index in [0.29, 0.717) is 13.2 Å². The Labute approximate surface area is 171 Å². The van der Waals surface area contributed by atoms with Gasteiger partial charge in [-0.3, -0.25) is 4.99 Å². The molecule has 0 radical (unpaired) electrons. The first-order valence-electron chi connectivity index (χ1n) is 9.86. The summed E-state index contributed by atoms with van der Waals surface area (Å²) in [5.41, 5.74) is 2.20. The lowest BCUT2D eigenvalue weighted by Gasteiger charge is -2.37. The molecule has 1 saturated heterocycles. The number of methoxy groups -OCH3 is 1. The van der Waals surface area contributed by atoms with Crippen LogP contribution in [0.25, 0.3) is 0 Å².